The highest BCUT2D eigenvalue weighted by Gasteiger charge is 2.10. The van der Waals surface area contributed by atoms with Gasteiger partial charge >= 0.3 is 5.97 Å². The van der Waals surface area contributed by atoms with Gasteiger partial charge in [0.25, 0.3) is 0 Å². The summed E-state index contributed by atoms with van der Waals surface area (Å²) in [5.41, 5.74) is 1.78. The van der Waals surface area contributed by atoms with Crippen LogP contribution >= 0.6 is 0 Å². The van der Waals surface area contributed by atoms with Gasteiger partial charge in [-0.25, -0.2) is 9.78 Å². The average molecular weight is 254 g/mol. The van der Waals surface area contributed by atoms with Crippen molar-refractivity contribution < 1.29 is 13.9 Å². The largest absolute Gasteiger partial charge is 0.441 e. The van der Waals surface area contributed by atoms with Crippen LogP contribution in [0.25, 0.3) is 11.1 Å². The minimum absolute atomic E-state index is 0.429. The van der Waals surface area contributed by atoms with Crippen molar-refractivity contribution in [2.75, 3.05) is 0 Å². The highest BCUT2D eigenvalue weighted by atomic mass is 16.5. The summed E-state index contributed by atoms with van der Waals surface area (Å²) in [7, 11) is 0. The maximum absolute atomic E-state index is 11.9. The number of ether oxygens (including phenoxy) is 1. The fraction of sp³-hybridized carbons (Fsp3) is 0.0714. The summed E-state index contributed by atoms with van der Waals surface area (Å²) < 4.78 is 10.6. The van der Waals surface area contributed by atoms with Crippen LogP contribution in [0.1, 0.15) is 16.2 Å². The van der Waals surface area contributed by atoms with Crippen LogP contribution in [0.4, 0.5) is 0 Å². The van der Waals surface area contributed by atoms with Crippen LogP contribution in [0.3, 0.4) is 0 Å². The van der Waals surface area contributed by atoms with Crippen molar-refractivity contribution in [3.05, 3.63) is 54.2 Å². The Bertz CT molecular complexity index is 735. The molecule has 0 aliphatic heterocycles. The number of hydrogen-bond acceptors (Lipinski definition) is 5. The Morgan fingerprint density at radius 1 is 1.21 bits per heavy atom. The molecule has 0 unspecified atom stereocenters. The van der Waals surface area contributed by atoms with Crippen molar-refractivity contribution in [1.82, 2.24) is 9.97 Å². The minimum Gasteiger partial charge on any atom is -0.441 e. The van der Waals surface area contributed by atoms with Crippen molar-refractivity contribution in [1.29, 1.82) is 0 Å². The van der Waals surface area contributed by atoms with E-state index in [-0.39, 0.29) is 0 Å². The van der Waals surface area contributed by atoms with Crippen molar-refractivity contribution in [3.8, 4) is 5.75 Å². The zero-order valence-corrected chi connectivity index (χ0v) is 10.2. The first kappa shape index (κ1) is 11.4. The van der Waals surface area contributed by atoms with Crippen LogP contribution in [0, 0.1) is 6.92 Å². The van der Waals surface area contributed by atoms with E-state index in [9.17, 15) is 4.79 Å². The number of oxazole rings is 1. The zero-order valence-electron chi connectivity index (χ0n) is 10.2. The molecule has 0 radical (unpaired) electrons. The first-order valence-corrected chi connectivity index (χ1v) is 5.72. The van der Waals surface area contributed by atoms with Gasteiger partial charge in [0.1, 0.15) is 11.3 Å². The average Bonchev–Trinajstić information content (AvgIpc) is 2.79. The van der Waals surface area contributed by atoms with Crippen molar-refractivity contribution >= 4 is 17.1 Å². The van der Waals surface area contributed by atoms with E-state index in [2.05, 4.69) is 9.97 Å². The zero-order chi connectivity index (χ0) is 13.2. The number of benzene rings is 1. The number of esters is 1. The summed E-state index contributed by atoms with van der Waals surface area (Å²) in [6.45, 7) is 1.77. The number of carbonyl (C=O) groups excluding carboxylic acids is 1. The van der Waals surface area contributed by atoms with Gasteiger partial charge in [-0.1, -0.05) is 0 Å². The SMILES string of the molecule is Cc1nc2cc(OC(=O)c3ccncc3)ccc2o1. The highest BCUT2D eigenvalue weighted by molar-refractivity contribution is 5.91. The molecule has 3 rings (SSSR count). The second kappa shape index (κ2) is 4.53. The molecule has 0 atom stereocenters. The first-order chi connectivity index (χ1) is 9.22. The van der Waals surface area contributed by atoms with Gasteiger partial charge in [0.2, 0.25) is 0 Å². The van der Waals surface area contributed by atoms with Crippen LogP contribution in [0.15, 0.2) is 47.1 Å². The Labute approximate surface area is 108 Å². The molecule has 2 aromatic heterocycles. The molecule has 94 valence electrons. The molecule has 0 saturated heterocycles. The molecule has 0 aliphatic carbocycles. The molecule has 0 saturated carbocycles. The summed E-state index contributed by atoms with van der Waals surface area (Å²) in [4.78, 5) is 19.9. The topological polar surface area (TPSA) is 65.2 Å². The summed E-state index contributed by atoms with van der Waals surface area (Å²) in [6.07, 6.45) is 3.08. The molecule has 2 heterocycles. The second-order valence-corrected chi connectivity index (χ2v) is 3.99. The van der Waals surface area contributed by atoms with Gasteiger partial charge in [-0.2, -0.15) is 0 Å². The van der Waals surface area contributed by atoms with E-state index in [0.717, 1.165) is 0 Å². The Hall–Kier alpha value is -2.69. The van der Waals surface area contributed by atoms with Gasteiger partial charge in [-0.05, 0) is 24.3 Å². The number of rotatable bonds is 2. The number of hydrogen-bond donors (Lipinski definition) is 0. The van der Waals surface area contributed by atoms with E-state index < -0.39 is 5.97 Å². The van der Waals surface area contributed by atoms with Gasteiger partial charge in [-0.3, -0.25) is 4.98 Å². The van der Waals surface area contributed by atoms with Crippen molar-refractivity contribution in [2.24, 2.45) is 0 Å². The van der Waals surface area contributed by atoms with E-state index in [1.54, 1.807) is 49.6 Å². The Balaban J connectivity index is 1.87. The molecule has 5 nitrogen and oxygen atoms in total. The van der Waals surface area contributed by atoms with E-state index >= 15 is 0 Å². The molecule has 0 fully saturated rings. The smallest absolute Gasteiger partial charge is 0.343 e. The summed E-state index contributed by atoms with van der Waals surface area (Å²) in [6, 6.07) is 8.27. The fourth-order valence-electron chi connectivity index (χ4n) is 1.74. The van der Waals surface area contributed by atoms with Crippen molar-refractivity contribution in [3.63, 3.8) is 0 Å². The molecule has 0 N–H and O–H groups in total. The Kier molecular flexibility index (Phi) is 2.72. The molecule has 0 amide bonds. The van der Waals surface area contributed by atoms with E-state index in [0.29, 0.717) is 28.3 Å². The third-order valence-electron chi connectivity index (χ3n) is 2.59. The maximum atomic E-state index is 11.9. The number of pyridine rings is 1. The maximum Gasteiger partial charge on any atom is 0.343 e. The predicted molar refractivity (Wildman–Crippen MR) is 67.9 cm³/mol. The fourth-order valence-corrected chi connectivity index (χ4v) is 1.74. The lowest BCUT2D eigenvalue weighted by molar-refractivity contribution is 0.0735. The van der Waals surface area contributed by atoms with Crippen molar-refractivity contribution in [2.45, 2.75) is 6.92 Å². The molecular weight excluding hydrogens is 244 g/mol. The summed E-state index contributed by atoms with van der Waals surface area (Å²) in [5, 5.41) is 0. The standard InChI is InChI=1S/C14H10N2O3/c1-9-16-12-8-11(2-3-13(12)18-9)19-14(17)10-4-6-15-7-5-10/h2-8H,1H3. The summed E-state index contributed by atoms with van der Waals surface area (Å²) >= 11 is 0. The van der Waals surface area contributed by atoms with E-state index in [4.69, 9.17) is 9.15 Å². The third kappa shape index (κ3) is 2.30. The van der Waals surface area contributed by atoms with Gasteiger partial charge in [0, 0.05) is 25.4 Å². The molecule has 19 heavy (non-hydrogen) atoms. The number of nitrogens with zero attached hydrogens (tertiary/aromatic N) is 2. The van der Waals surface area contributed by atoms with E-state index in [1.807, 2.05) is 0 Å². The van der Waals surface area contributed by atoms with Gasteiger partial charge in [0.05, 0.1) is 5.56 Å². The van der Waals surface area contributed by atoms with E-state index in [1.165, 1.54) is 0 Å². The molecular formula is C14H10N2O3. The molecule has 0 aliphatic rings. The lowest BCUT2D eigenvalue weighted by atomic mass is 10.2. The minimum atomic E-state index is -0.429. The Morgan fingerprint density at radius 3 is 2.79 bits per heavy atom. The number of aryl methyl sites for hydroxylation is 1. The number of fused-ring (bicyclic) bond motifs is 1. The van der Waals surface area contributed by atoms with Crippen LogP contribution in [0.2, 0.25) is 0 Å². The normalized spacial score (nSPS) is 10.6. The first-order valence-electron chi connectivity index (χ1n) is 5.72. The van der Waals surface area contributed by atoms with Crippen LogP contribution in [0.5, 0.6) is 5.75 Å². The Morgan fingerprint density at radius 2 is 2.00 bits per heavy atom. The number of aromatic nitrogens is 2. The lowest BCUT2D eigenvalue weighted by Gasteiger charge is -2.03. The predicted octanol–water partition coefficient (Wildman–Crippen LogP) is 2.75. The van der Waals surface area contributed by atoms with Gasteiger partial charge in [-0.15, -0.1) is 0 Å². The van der Waals surface area contributed by atoms with Crippen LogP contribution in [-0.4, -0.2) is 15.9 Å². The second-order valence-electron chi connectivity index (χ2n) is 3.99. The monoisotopic (exact) mass is 254 g/mol. The molecule has 1 aromatic carbocycles. The number of carbonyl (C=O) groups is 1. The molecule has 3 aromatic rings. The van der Waals surface area contributed by atoms with Gasteiger partial charge in [0.15, 0.2) is 11.5 Å². The molecule has 0 bridgehead atoms. The third-order valence-corrected chi connectivity index (χ3v) is 2.59. The summed E-state index contributed by atoms with van der Waals surface area (Å²) in [5.74, 6) is 0.581. The van der Waals surface area contributed by atoms with Crippen LogP contribution in [-0.2, 0) is 0 Å². The highest BCUT2D eigenvalue weighted by Crippen LogP contribution is 2.21. The lowest BCUT2D eigenvalue weighted by Crippen LogP contribution is -2.08. The van der Waals surface area contributed by atoms with Gasteiger partial charge < -0.3 is 9.15 Å². The quantitative estimate of drug-likeness (QED) is 0.519. The van der Waals surface area contributed by atoms with Crippen LogP contribution < -0.4 is 4.74 Å². The molecule has 0 spiro atoms. The molecule has 5 heteroatoms.